The van der Waals surface area contributed by atoms with Gasteiger partial charge in [0.2, 0.25) is 0 Å². The first-order chi connectivity index (χ1) is 9.74. The Balaban J connectivity index is 1.81. The number of halogens is 1. The summed E-state index contributed by atoms with van der Waals surface area (Å²) in [7, 11) is 0. The van der Waals surface area contributed by atoms with Crippen LogP contribution in [0.4, 0.5) is 5.69 Å². The summed E-state index contributed by atoms with van der Waals surface area (Å²) in [4.78, 5) is 11.8. The average Bonchev–Trinajstić information content (AvgIpc) is 3.10. The van der Waals surface area contributed by atoms with Crippen LogP contribution in [0.15, 0.2) is 58.0 Å². The van der Waals surface area contributed by atoms with Crippen molar-refractivity contribution in [2.75, 3.05) is 5.32 Å². The third-order valence-electron chi connectivity index (χ3n) is 2.61. The van der Waals surface area contributed by atoms with Crippen molar-refractivity contribution in [2.45, 2.75) is 0 Å². The molecule has 0 saturated heterocycles. The lowest BCUT2D eigenvalue weighted by Crippen LogP contribution is -2.11. The molecule has 1 amide bonds. The Morgan fingerprint density at radius 1 is 1.30 bits per heavy atom. The molecule has 0 aliphatic heterocycles. The predicted octanol–water partition coefficient (Wildman–Crippen LogP) is 2.88. The lowest BCUT2D eigenvalue weighted by Gasteiger charge is -2.03. The molecule has 0 fully saturated rings. The van der Waals surface area contributed by atoms with Gasteiger partial charge in [-0.05, 0) is 28.1 Å². The van der Waals surface area contributed by atoms with Gasteiger partial charge in [0.1, 0.15) is 6.26 Å². The molecule has 0 spiro atoms. The molecule has 6 nitrogen and oxygen atoms in total. The molecule has 3 aromatic rings. The molecule has 0 aliphatic carbocycles. The summed E-state index contributed by atoms with van der Waals surface area (Å²) in [6.07, 6.45) is 4.63. The number of nitrogens with zero attached hydrogens (tertiary/aromatic N) is 3. The summed E-state index contributed by atoms with van der Waals surface area (Å²) in [5.74, 6) is -0.342. The highest BCUT2D eigenvalue weighted by atomic mass is 79.9. The molecular formula is C13H9BrN4O2. The highest BCUT2D eigenvalue weighted by molar-refractivity contribution is 9.10. The second-order valence-corrected chi connectivity index (χ2v) is 4.82. The number of para-hydroxylation sites is 1. The number of nitrogens with one attached hydrogen (secondary N) is 1. The topological polar surface area (TPSA) is 73.0 Å². The Hall–Kier alpha value is -2.41. The fourth-order valence-electron chi connectivity index (χ4n) is 1.68. The zero-order chi connectivity index (χ0) is 13.9. The van der Waals surface area contributed by atoms with Crippen LogP contribution in [0.5, 0.6) is 0 Å². The van der Waals surface area contributed by atoms with Gasteiger partial charge in [0.05, 0.1) is 23.8 Å². The number of carbonyl (C=O) groups excluding carboxylic acids is 1. The molecule has 3 rings (SSSR count). The van der Waals surface area contributed by atoms with Crippen molar-refractivity contribution < 1.29 is 9.32 Å². The highest BCUT2D eigenvalue weighted by Crippen LogP contribution is 2.21. The molecule has 7 heteroatoms. The lowest BCUT2D eigenvalue weighted by atomic mass is 10.3. The molecule has 0 radical (unpaired) electrons. The van der Waals surface area contributed by atoms with E-state index >= 15 is 0 Å². The van der Waals surface area contributed by atoms with Gasteiger partial charge in [0.25, 0.3) is 5.91 Å². The number of aromatic nitrogens is 3. The third kappa shape index (κ3) is 2.48. The minimum Gasteiger partial charge on any atom is -0.364 e. The maximum absolute atomic E-state index is 11.8. The fourth-order valence-corrected chi connectivity index (χ4v) is 2.15. The van der Waals surface area contributed by atoms with Gasteiger partial charge in [-0.25, -0.2) is 4.68 Å². The van der Waals surface area contributed by atoms with Crippen LogP contribution in [-0.2, 0) is 0 Å². The summed E-state index contributed by atoms with van der Waals surface area (Å²) in [5, 5.41) is 10.5. The summed E-state index contributed by atoms with van der Waals surface area (Å²) in [5.41, 5.74) is 1.68. The van der Waals surface area contributed by atoms with Crippen molar-refractivity contribution in [3.05, 3.63) is 59.2 Å². The Labute approximate surface area is 122 Å². The molecule has 0 bridgehead atoms. The van der Waals surface area contributed by atoms with Gasteiger partial charge >= 0.3 is 0 Å². The van der Waals surface area contributed by atoms with Crippen LogP contribution in [0.2, 0.25) is 0 Å². The SMILES string of the molecule is O=C(Nc1cnn(-c2ccccc2Br)c1)c1ccon1. The molecular weight excluding hydrogens is 324 g/mol. The Morgan fingerprint density at radius 2 is 2.15 bits per heavy atom. The molecule has 100 valence electrons. The van der Waals surface area contributed by atoms with E-state index in [9.17, 15) is 4.79 Å². The maximum atomic E-state index is 11.8. The maximum Gasteiger partial charge on any atom is 0.277 e. The number of anilines is 1. The molecule has 1 N–H and O–H groups in total. The van der Waals surface area contributed by atoms with Gasteiger partial charge in [-0.3, -0.25) is 4.79 Å². The van der Waals surface area contributed by atoms with Crippen molar-refractivity contribution in [3.63, 3.8) is 0 Å². The first kappa shape index (κ1) is 12.6. The second-order valence-electron chi connectivity index (χ2n) is 3.96. The van der Waals surface area contributed by atoms with Crippen molar-refractivity contribution >= 4 is 27.5 Å². The molecule has 0 atom stereocenters. The van der Waals surface area contributed by atoms with Crippen LogP contribution in [0.25, 0.3) is 5.69 Å². The Bertz CT molecular complexity index is 736. The zero-order valence-electron chi connectivity index (χ0n) is 10.2. The van der Waals surface area contributed by atoms with E-state index in [-0.39, 0.29) is 11.6 Å². The quantitative estimate of drug-likeness (QED) is 0.800. The summed E-state index contributed by atoms with van der Waals surface area (Å²) >= 11 is 3.45. The Morgan fingerprint density at radius 3 is 2.90 bits per heavy atom. The van der Waals surface area contributed by atoms with Gasteiger partial charge < -0.3 is 9.84 Å². The number of benzene rings is 1. The largest absolute Gasteiger partial charge is 0.364 e. The van der Waals surface area contributed by atoms with Crippen molar-refractivity contribution in [1.29, 1.82) is 0 Å². The molecule has 2 heterocycles. The molecule has 0 unspecified atom stereocenters. The summed E-state index contributed by atoms with van der Waals surface area (Å²) < 4.78 is 7.21. The molecule has 20 heavy (non-hydrogen) atoms. The number of hydrogen-bond donors (Lipinski definition) is 1. The summed E-state index contributed by atoms with van der Waals surface area (Å²) in [6, 6.07) is 9.16. The molecule has 1 aromatic carbocycles. The standard InChI is InChI=1S/C13H9BrN4O2/c14-10-3-1-2-4-12(10)18-8-9(7-15-18)16-13(19)11-5-6-20-17-11/h1-8H,(H,16,19). The third-order valence-corrected chi connectivity index (χ3v) is 3.28. The van der Waals surface area contributed by atoms with Gasteiger partial charge in [0, 0.05) is 10.5 Å². The highest BCUT2D eigenvalue weighted by Gasteiger charge is 2.11. The molecule has 0 saturated carbocycles. The number of amides is 1. The van der Waals surface area contributed by atoms with Crippen LogP contribution in [0, 0.1) is 0 Å². The number of carbonyl (C=O) groups is 1. The minimum atomic E-state index is -0.342. The molecule has 0 aliphatic rings. The van der Waals surface area contributed by atoms with Gasteiger partial charge in [0.15, 0.2) is 5.69 Å². The zero-order valence-corrected chi connectivity index (χ0v) is 11.7. The van der Waals surface area contributed by atoms with Crippen molar-refractivity contribution in [3.8, 4) is 5.69 Å². The monoisotopic (exact) mass is 332 g/mol. The lowest BCUT2D eigenvalue weighted by molar-refractivity contribution is 0.101. The van der Waals surface area contributed by atoms with E-state index in [1.807, 2.05) is 24.3 Å². The Kier molecular flexibility index (Phi) is 3.34. The second kappa shape index (κ2) is 5.30. The van der Waals surface area contributed by atoms with E-state index in [4.69, 9.17) is 0 Å². The van der Waals surface area contributed by atoms with Crippen molar-refractivity contribution in [2.24, 2.45) is 0 Å². The average molecular weight is 333 g/mol. The first-order valence-electron chi connectivity index (χ1n) is 5.75. The van der Waals surface area contributed by atoms with Crippen LogP contribution >= 0.6 is 15.9 Å². The van der Waals surface area contributed by atoms with E-state index in [0.29, 0.717) is 5.69 Å². The molecule has 2 aromatic heterocycles. The van der Waals surface area contributed by atoms with Crippen LogP contribution in [-0.4, -0.2) is 20.8 Å². The van der Waals surface area contributed by atoms with E-state index in [1.165, 1.54) is 12.3 Å². The minimum absolute atomic E-state index is 0.221. The summed E-state index contributed by atoms with van der Waals surface area (Å²) in [6.45, 7) is 0. The van der Waals surface area contributed by atoms with Gasteiger partial charge in [-0.1, -0.05) is 17.3 Å². The van der Waals surface area contributed by atoms with Crippen LogP contribution < -0.4 is 5.32 Å². The number of rotatable bonds is 3. The van der Waals surface area contributed by atoms with E-state index in [0.717, 1.165) is 10.2 Å². The fraction of sp³-hybridized carbons (Fsp3) is 0. The van der Waals surface area contributed by atoms with Crippen LogP contribution in [0.1, 0.15) is 10.5 Å². The number of hydrogen-bond acceptors (Lipinski definition) is 4. The van der Waals surface area contributed by atoms with E-state index < -0.39 is 0 Å². The normalized spacial score (nSPS) is 10.4. The van der Waals surface area contributed by atoms with Gasteiger partial charge in [-0.2, -0.15) is 5.10 Å². The van der Waals surface area contributed by atoms with Gasteiger partial charge in [-0.15, -0.1) is 0 Å². The predicted molar refractivity (Wildman–Crippen MR) is 75.7 cm³/mol. The first-order valence-corrected chi connectivity index (χ1v) is 6.54. The van der Waals surface area contributed by atoms with Crippen molar-refractivity contribution in [1.82, 2.24) is 14.9 Å². The van der Waals surface area contributed by atoms with E-state index in [2.05, 4.69) is 36.0 Å². The smallest absolute Gasteiger partial charge is 0.277 e. The van der Waals surface area contributed by atoms with E-state index in [1.54, 1.807) is 17.1 Å². The van der Waals surface area contributed by atoms with Crippen LogP contribution in [0.3, 0.4) is 0 Å².